The Morgan fingerprint density at radius 1 is 1.19 bits per heavy atom. The molecule has 1 aliphatic heterocycles. The molecule has 1 aromatic heterocycles. The largest absolute Gasteiger partial charge is 0.378 e. The minimum absolute atomic E-state index is 0.125. The van der Waals surface area contributed by atoms with Gasteiger partial charge in [0.2, 0.25) is 11.9 Å². The van der Waals surface area contributed by atoms with Gasteiger partial charge >= 0.3 is 0 Å². The first-order valence-electron chi connectivity index (χ1n) is 7.02. The summed E-state index contributed by atoms with van der Waals surface area (Å²) in [6.45, 7) is 3.09. The lowest BCUT2D eigenvalue weighted by molar-refractivity contribution is -0.134. The molecule has 1 aliphatic rings. The maximum atomic E-state index is 12.0. The highest BCUT2D eigenvalue weighted by molar-refractivity contribution is 5.77. The SMILES string of the molecule is O=C(CCNc1nnc2ccccc2n1)N1CCOCC1. The molecular formula is C14H17N5O2. The van der Waals surface area contributed by atoms with Crippen molar-refractivity contribution in [3.63, 3.8) is 0 Å². The third kappa shape index (κ3) is 3.43. The van der Waals surface area contributed by atoms with E-state index in [4.69, 9.17) is 4.74 Å². The van der Waals surface area contributed by atoms with Crippen LogP contribution in [0.3, 0.4) is 0 Å². The number of anilines is 1. The molecule has 0 aliphatic carbocycles. The first kappa shape index (κ1) is 13.7. The monoisotopic (exact) mass is 287 g/mol. The van der Waals surface area contributed by atoms with E-state index in [2.05, 4.69) is 20.5 Å². The molecule has 0 unspecified atom stereocenters. The molecule has 1 N–H and O–H groups in total. The van der Waals surface area contributed by atoms with Gasteiger partial charge in [0, 0.05) is 26.1 Å². The maximum absolute atomic E-state index is 12.0. The van der Waals surface area contributed by atoms with Crippen molar-refractivity contribution < 1.29 is 9.53 Å². The van der Waals surface area contributed by atoms with Crippen LogP contribution in [0.4, 0.5) is 5.95 Å². The molecule has 0 atom stereocenters. The van der Waals surface area contributed by atoms with Crippen molar-refractivity contribution in [2.75, 3.05) is 38.2 Å². The molecule has 0 radical (unpaired) electrons. The minimum Gasteiger partial charge on any atom is -0.378 e. The number of nitrogens with zero attached hydrogens (tertiary/aromatic N) is 4. The Kier molecular flexibility index (Phi) is 4.20. The Morgan fingerprint density at radius 2 is 1.95 bits per heavy atom. The Labute approximate surface area is 122 Å². The number of aromatic nitrogens is 3. The van der Waals surface area contributed by atoms with Gasteiger partial charge < -0.3 is 15.0 Å². The van der Waals surface area contributed by atoms with E-state index in [9.17, 15) is 4.79 Å². The van der Waals surface area contributed by atoms with Crippen LogP contribution in [0.25, 0.3) is 11.0 Å². The van der Waals surface area contributed by atoms with E-state index in [-0.39, 0.29) is 5.91 Å². The fourth-order valence-corrected chi connectivity index (χ4v) is 2.21. The number of carbonyl (C=O) groups is 1. The Balaban J connectivity index is 1.53. The number of morpholine rings is 1. The lowest BCUT2D eigenvalue weighted by Gasteiger charge is -2.26. The predicted molar refractivity (Wildman–Crippen MR) is 77.8 cm³/mol. The van der Waals surface area contributed by atoms with Crippen molar-refractivity contribution in [3.8, 4) is 0 Å². The van der Waals surface area contributed by atoms with Crippen molar-refractivity contribution in [1.82, 2.24) is 20.1 Å². The lowest BCUT2D eigenvalue weighted by atomic mass is 10.3. The zero-order valence-corrected chi connectivity index (χ0v) is 11.7. The summed E-state index contributed by atoms with van der Waals surface area (Å²) in [4.78, 5) is 18.2. The third-order valence-electron chi connectivity index (χ3n) is 3.35. The quantitative estimate of drug-likeness (QED) is 0.891. The summed E-state index contributed by atoms with van der Waals surface area (Å²) in [7, 11) is 0. The van der Waals surface area contributed by atoms with E-state index in [1.54, 1.807) is 0 Å². The number of hydrogen-bond donors (Lipinski definition) is 1. The molecule has 0 spiro atoms. The van der Waals surface area contributed by atoms with Gasteiger partial charge in [-0.05, 0) is 12.1 Å². The number of rotatable bonds is 4. The van der Waals surface area contributed by atoms with Gasteiger partial charge in [-0.15, -0.1) is 10.2 Å². The van der Waals surface area contributed by atoms with Crippen molar-refractivity contribution in [2.24, 2.45) is 0 Å². The van der Waals surface area contributed by atoms with Crippen LogP contribution in [-0.2, 0) is 9.53 Å². The normalized spacial score (nSPS) is 15.1. The number of fused-ring (bicyclic) bond motifs is 1. The molecule has 2 heterocycles. The molecule has 0 bridgehead atoms. The van der Waals surface area contributed by atoms with Gasteiger partial charge in [0.05, 0.1) is 18.7 Å². The van der Waals surface area contributed by atoms with Gasteiger partial charge in [-0.1, -0.05) is 12.1 Å². The number of carbonyl (C=O) groups excluding carboxylic acids is 1. The molecule has 7 heteroatoms. The van der Waals surface area contributed by atoms with Crippen LogP contribution in [0.5, 0.6) is 0 Å². The number of nitrogens with one attached hydrogen (secondary N) is 1. The molecule has 0 saturated carbocycles. The summed E-state index contributed by atoms with van der Waals surface area (Å²) < 4.78 is 5.23. The van der Waals surface area contributed by atoms with Crippen LogP contribution >= 0.6 is 0 Å². The molecule has 21 heavy (non-hydrogen) atoms. The number of ether oxygens (including phenoxy) is 1. The predicted octanol–water partition coefficient (Wildman–Crippen LogP) is 0.686. The van der Waals surface area contributed by atoms with E-state index in [1.807, 2.05) is 29.2 Å². The number of benzene rings is 1. The van der Waals surface area contributed by atoms with Crippen LogP contribution in [0.15, 0.2) is 24.3 Å². The van der Waals surface area contributed by atoms with Gasteiger partial charge in [0.1, 0.15) is 5.52 Å². The van der Waals surface area contributed by atoms with Crippen molar-refractivity contribution in [2.45, 2.75) is 6.42 Å². The smallest absolute Gasteiger partial charge is 0.243 e. The van der Waals surface area contributed by atoms with Gasteiger partial charge in [-0.3, -0.25) is 4.79 Å². The second-order valence-electron chi connectivity index (χ2n) is 4.79. The van der Waals surface area contributed by atoms with Gasteiger partial charge in [-0.2, -0.15) is 0 Å². The number of para-hydroxylation sites is 1. The highest BCUT2D eigenvalue weighted by Gasteiger charge is 2.16. The Bertz CT molecular complexity index is 628. The third-order valence-corrected chi connectivity index (χ3v) is 3.35. The zero-order valence-electron chi connectivity index (χ0n) is 11.7. The molecule has 3 rings (SSSR count). The first-order valence-corrected chi connectivity index (χ1v) is 7.02. The molecule has 2 aromatic rings. The average Bonchev–Trinajstić information content (AvgIpc) is 2.55. The van der Waals surface area contributed by atoms with E-state index in [0.29, 0.717) is 45.2 Å². The number of hydrogen-bond acceptors (Lipinski definition) is 6. The number of amides is 1. The first-order chi connectivity index (χ1) is 10.3. The standard InChI is InChI=1S/C14H17N5O2/c20-13(19-7-9-21-10-8-19)5-6-15-14-16-11-3-1-2-4-12(11)17-18-14/h1-4H,5-10H2,(H,15,16,18). The van der Waals surface area contributed by atoms with Crippen LogP contribution in [0.1, 0.15) is 6.42 Å². The van der Waals surface area contributed by atoms with Crippen LogP contribution in [0.2, 0.25) is 0 Å². The highest BCUT2D eigenvalue weighted by atomic mass is 16.5. The van der Waals surface area contributed by atoms with Gasteiger partial charge in [0.15, 0.2) is 0 Å². The minimum atomic E-state index is 0.125. The molecule has 1 amide bonds. The molecule has 1 saturated heterocycles. The van der Waals surface area contributed by atoms with Gasteiger partial charge in [0.25, 0.3) is 0 Å². The zero-order chi connectivity index (χ0) is 14.5. The summed E-state index contributed by atoms with van der Waals surface area (Å²) in [5, 5.41) is 11.1. The van der Waals surface area contributed by atoms with Crippen LogP contribution in [-0.4, -0.2) is 58.8 Å². The fraction of sp³-hybridized carbons (Fsp3) is 0.429. The summed E-state index contributed by atoms with van der Waals surface area (Å²) in [6.07, 6.45) is 0.413. The van der Waals surface area contributed by atoms with E-state index < -0.39 is 0 Å². The lowest BCUT2D eigenvalue weighted by Crippen LogP contribution is -2.41. The molecule has 110 valence electrons. The molecular weight excluding hydrogens is 270 g/mol. The van der Waals surface area contributed by atoms with Crippen LogP contribution < -0.4 is 5.32 Å². The second-order valence-corrected chi connectivity index (χ2v) is 4.79. The summed E-state index contributed by atoms with van der Waals surface area (Å²) in [5.41, 5.74) is 1.54. The summed E-state index contributed by atoms with van der Waals surface area (Å²) in [5.74, 6) is 0.572. The van der Waals surface area contributed by atoms with Crippen molar-refractivity contribution in [1.29, 1.82) is 0 Å². The Morgan fingerprint density at radius 3 is 2.76 bits per heavy atom. The van der Waals surface area contributed by atoms with E-state index in [1.165, 1.54) is 0 Å². The highest BCUT2D eigenvalue weighted by Crippen LogP contribution is 2.09. The summed E-state index contributed by atoms with van der Waals surface area (Å²) >= 11 is 0. The molecule has 7 nitrogen and oxygen atoms in total. The fourth-order valence-electron chi connectivity index (χ4n) is 2.21. The summed E-state index contributed by atoms with van der Waals surface area (Å²) in [6, 6.07) is 7.55. The van der Waals surface area contributed by atoms with E-state index >= 15 is 0 Å². The topological polar surface area (TPSA) is 80.2 Å². The van der Waals surface area contributed by atoms with Gasteiger partial charge in [-0.25, -0.2) is 4.98 Å². The molecule has 1 fully saturated rings. The van der Waals surface area contributed by atoms with E-state index in [0.717, 1.165) is 11.0 Å². The van der Waals surface area contributed by atoms with Crippen molar-refractivity contribution in [3.05, 3.63) is 24.3 Å². The Hall–Kier alpha value is -2.28. The second kappa shape index (κ2) is 6.45. The van der Waals surface area contributed by atoms with Crippen molar-refractivity contribution >= 4 is 22.9 Å². The maximum Gasteiger partial charge on any atom is 0.243 e. The average molecular weight is 287 g/mol. The van der Waals surface area contributed by atoms with Crippen LogP contribution in [0, 0.1) is 0 Å². The molecule has 1 aromatic carbocycles.